The maximum absolute atomic E-state index is 3.92. The van der Waals surface area contributed by atoms with Gasteiger partial charge in [0, 0.05) is 10.9 Å². The second-order valence-corrected chi connectivity index (χ2v) is 8.70. The number of aryl methyl sites for hydroxylation is 2. The van der Waals surface area contributed by atoms with Crippen LogP contribution in [-0.4, -0.2) is 0 Å². The van der Waals surface area contributed by atoms with Gasteiger partial charge in [-0.15, -0.1) is 0 Å². The molecule has 4 aromatic rings. The van der Waals surface area contributed by atoms with Gasteiger partial charge in [-0.1, -0.05) is 98.8 Å². The third-order valence-electron chi connectivity index (χ3n) is 6.67. The van der Waals surface area contributed by atoms with Crippen molar-refractivity contribution in [1.29, 1.82) is 0 Å². The Balaban J connectivity index is 1.73. The topological polar surface area (TPSA) is 12.0 Å². The molecular formula is C30H29N. The van der Waals surface area contributed by atoms with E-state index in [1.165, 1.54) is 49.9 Å². The van der Waals surface area contributed by atoms with Crippen molar-refractivity contribution >= 4 is 22.0 Å². The zero-order chi connectivity index (χ0) is 21.4. The van der Waals surface area contributed by atoms with Crippen LogP contribution in [0.1, 0.15) is 48.6 Å². The molecule has 1 aliphatic rings. The fraction of sp³-hybridized carbons (Fsp3) is 0.200. The maximum Gasteiger partial charge on any atom is 0.0790 e. The van der Waals surface area contributed by atoms with Crippen molar-refractivity contribution in [2.45, 2.75) is 39.2 Å². The van der Waals surface area contributed by atoms with E-state index in [1.807, 2.05) is 0 Å². The summed E-state index contributed by atoms with van der Waals surface area (Å²) in [7, 11) is 0. The third kappa shape index (κ3) is 3.45. The smallest absolute Gasteiger partial charge is 0.0790 e. The van der Waals surface area contributed by atoms with Crippen molar-refractivity contribution in [3.05, 3.63) is 119 Å². The van der Waals surface area contributed by atoms with Crippen LogP contribution in [-0.2, 0) is 18.4 Å². The van der Waals surface area contributed by atoms with E-state index in [1.54, 1.807) is 0 Å². The van der Waals surface area contributed by atoms with Crippen molar-refractivity contribution in [1.82, 2.24) is 0 Å². The minimum absolute atomic E-state index is 0.290. The molecule has 0 amide bonds. The average molecular weight is 404 g/mol. The van der Waals surface area contributed by atoms with Gasteiger partial charge < -0.3 is 5.32 Å². The van der Waals surface area contributed by atoms with Gasteiger partial charge in [-0.3, -0.25) is 0 Å². The summed E-state index contributed by atoms with van der Waals surface area (Å²) in [5.41, 5.74) is 8.79. The fourth-order valence-corrected chi connectivity index (χ4v) is 4.69. The van der Waals surface area contributed by atoms with Gasteiger partial charge in [0.2, 0.25) is 0 Å². The molecule has 0 saturated heterocycles. The molecule has 1 N–H and O–H groups in total. The fourth-order valence-electron chi connectivity index (χ4n) is 4.69. The van der Waals surface area contributed by atoms with Gasteiger partial charge in [0.15, 0.2) is 0 Å². The van der Waals surface area contributed by atoms with Gasteiger partial charge in [0.25, 0.3) is 0 Å². The SMILES string of the molecule is CCc1ccc(C2=CC(C)(c3ccc(CC)cc3)Nc3c2ccc2ccccc32)cc1. The molecule has 0 bridgehead atoms. The average Bonchev–Trinajstić information content (AvgIpc) is 2.83. The molecule has 1 unspecified atom stereocenters. The lowest BCUT2D eigenvalue weighted by Gasteiger charge is -2.37. The zero-order valence-corrected chi connectivity index (χ0v) is 18.6. The molecule has 154 valence electrons. The molecule has 1 heteroatoms. The van der Waals surface area contributed by atoms with Crippen molar-refractivity contribution in [2.75, 3.05) is 5.32 Å². The third-order valence-corrected chi connectivity index (χ3v) is 6.67. The number of anilines is 1. The first-order valence-electron chi connectivity index (χ1n) is 11.3. The van der Waals surface area contributed by atoms with Crippen molar-refractivity contribution < 1.29 is 0 Å². The number of fused-ring (bicyclic) bond motifs is 3. The molecule has 0 spiro atoms. The van der Waals surface area contributed by atoms with Crippen molar-refractivity contribution in [3.63, 3.8) is 0 Å². The van der Waals surface area contributed by atoms with Crippen LogP contribution in [0.25, 0.3) is 16.3 Å². The summed E-state index contributed by atoms with van der Waals surface area (Å²) in [6.07, 6.45) is 4.53. The summed E-state index contributed by atoms with van der Waals surface area (Å²) in [5.74, 6) is 0. The highest BCUT2D eigenvalue weighted by atomic mass is 15.0. The van der Waals surface area contributed by atoms with Gasteiger partial charge in [-0.25, -0.2) is 0 Å². The Morgan fingerprint density at radius 3 is 2.03 bits per heavy atom. The summed E-state index contributed by atoms with van der Waals surface area (Å²) in [5, 5.41) is 6.45. The van der Waals surface area contributed by atoms with E-state index in [0.717, 1.165) is 12.8 Å². The van der Waals surface area contributed by atoms with Gasteiger partial charge in [0.1, 0.15) is 0 Å². The second-order valence-electron chi connectivity index (χ2n) is 8.70. The molecule has 5 rings (SSSR count). The molecule has 0 saturated carbocycles. The number of hydrogen-bond donors (Lipinski definition) is 1. The lowest BCUT2D eigenvalue weighted by Crippen LogP contribution is -2.33. The Morgan fingerprint density at radius 2 is 1.35 bits per heavy atom. The van der Waals surface area contributed by atoms with Crippen LogP contribution < -0.4 is 5.32 Å². The van der Waals surface area contributed by atoms with E-state index in [2.05, 4.69) is 117 Å². The van der Waals surface area contributed by atoms with Crippen molar-refractivity contribution in [2.24, 2.45) is 0 Å². The van der Waals surface area contributed by atoms with E-state index in [9.17, 15) is 0 Å². The summed E-state index contributed by atoms with van der Waals surface area (Å²) in [6.45, 7) is 6.70. The highest BCUT2D eigenvalue weighted by Gasteiger charge is 2.31. The van der Waals surface area contributed by atoms with Crippen LogP contribution in [0.2, 0.25) is 0 Å². The first-order chi connectivity index (χ1) is 15.1. The van der Waals surface area contributed by atoms with E-state index in [4.69, 9.17) is 0 Å². The van der Waals surface area contributed by atoms with Gasteiger partial charge >= 0.3 is 0 Å². The molecule has 1 aliphatic heterocycles. The molecule has 1 atom stereocenters. The first kappa shape index (κ1) is 19.6. The number of benzene rings is 4. The summed E-state index contributed by atoms with van der Waals surface area (Å²) < 4.78 is 0. The zero-order valence-electron chi connectivity index (χ0n) is 18.6. The quantitative estimate of drug-likeness (QED) is 0.367. The van der Waals surface area contributed by atoms with Crippen LogP contribution in [0.4, 0.5) is 5.69 Å². The Kier molecular flexibility index (Phi) is 4.90. The van der Waals surface area contributed by atoms with E-state index >= 15 is 0 Å². The Morgan fingerprint density at radius 1 is 0.710 bits per heavy atom. The summed E-state index contributed by atoms with van der Waals surface area (Å²) in [4.78, 5) is 0. The number of rotatable bonds is 4. The molecular weight excluding hydrogens is 374 g/mol. The largest absolute Gasteiger partial charge is 0.371 e. The standard InChI is InChI=1S/C30H29N/c1-4-21-10-14-24(15-11-21)28-20-30(3,25-17-12-22(5-2)13-18-25)31-29-26-9-7-6-8-23(26)16-19-27(28)29/h6-20,31H,4-5H2,1-3H3. The lowest BCUT2D eigenvalue weighted by atomic mass is 9.80. The highest BCUT2D eigenvalue weighted by molar-refractivity contribution is 6.03. The minimum atomic E-state index is -0.290. The molecule has 31 heavy (non-hydrogen) atoms. The van der Waals surface area contributed by atoms with Crippen LogP contribution >= 0.6 is 0 Å². The maximum atomic E-state index is 3.92. The molecule has 0 radical (unpaired) electrons. The molecule has 4 aromatic carbocycles. The number of nitrogens with one attached hydrogen (secondary N) is 1. The van der Waals surface area contributed by atoms with Gasteiger partial charge in [0.05, 0.1) is 11.2 Å². The normalized spacial score (nSPS) is 17.7. The Hall–Kier alpha value is -3.32. The molecule has 1 nitrogen and oxygen atoms in total. The van der Waals surface area contributed by atoms with Crippen LogP contribution in [0, 0.1) is 0 Å². The Bertz CT molecular complexity index is 1260. The minimum Gasteiger partial charge on any atom is -0.371 e. The first-order valence-corrected chi connectivity index (χ1v) is 11.3. The summed E-state index contributed by atoms with van der Waals surface area (Å²) >= 11 is 0. The number of hydrogen-bond acceptors (Lipinski definition) is 1. The molecule has 0 aliphatic carbocycles. The molecule has 1 heterocycles. The summed E-state index contributed by atoms with van der Waals surface area (Å²) in [6, 6.07) is 31.3. The molecule has 0 fully saturated rings. The lowest BCUT2D eigenvalue weighted by molar-refractivity contribution is 0.686. The van der Waals surface area contributed by atoms with E-state index < -0.39 is 0 Å². The second kappa shape index (κ2) is 7.74. The molecule has 0 aromatic heterocycles. The van der Waals surface area contributed by atoms with Crippen molar-refractivity contribution in [3.8, 4) is 0 Å². The van der Waals surface area contributed by atoms with Crippen LogP contribution in [0.3, 0.4) is 0 Å². The van der Waals surface area contributed by atoms with Crippen LogP contribution in [0.5, 0.6) is 0 Å². The predicted octanol–water partition coefficient (Wildman–Crippen LogP) is 7.74. The van der Waals surface area contributed by atoms with Gasteiger partial charge in [-0.2, -0.15) is 0 Å². The van der Waals surface area contributed by atoms with Gasteiger partial charge in [-0.05, 0) is 59.1 Å². The Labute approximate surface area is 185 Å². The van der Waals surface area contributed by atoms with Crippen LogP contribution in [0.15, 0.2) is 91.0 Å². The van der Waals surface area contributed by atoms with E-state index in [-0.39, 0.29) is 5.54 Å². The highest BCUT2D eigenvalue weighted by Crippen LogP contribution is 2.44. The van der Waals surface area contributed by atoms with E-state index in [0.29, 0.717) is 0 Å². The predicted molar refractivity (Wildman–Crippen MR) is 134 cm³/mol. The monoisotopic (exact) mass is 403 g/mol.